The standard InChI is InChI=1S/C22H25N3O3S/c1-4-21(27)17-8-10-20(11-9-17)28-13-19(26)14-29-22-24-23-16(3)25(22)18-7-5-6-15(2)12-18/h5-12,19,26H,4,13-14H2,1-3H3. The largest absolute Gasteiger partial charge is 0.491 e. The molecule has 6 nitrogen and oxygen atoms in total. The summed E-state index contributed by atoms with van der Waals surface area (Å²) in [5.41, 5.74) is 2.83. The molecule has 0 aliphatic heterocycles. The molecule has 1 heterocycles. The second-order valence-corrected chi connectivity index (χ2v) is 7.77. The van der Waals surface area contributed by atoms with E-state index in [2.05, 4.69) is 16.3 Å². The zero-order valence-electron chi connectivity index (χ0n) is 16.8. The molecular weight excluding hydrogens is 386 g/mol. The third-order valence-corrected chi connectivity index (χ3v) is 5.47. The maximum absolute atomic E-state index is 11.7. The monoisotopic (exact) mass is 411 g/mol. The predicted octanol–water partition coefficient (Wildman–Crippen LogP) is 4.01. The van der Waals surface area contributed by atoms with Crippen molar-refractivity contribution in [1.29, 1.82) is 0 Å². The third kappa shape index (κ3) is 5.46. The summed E-state index contributed by atoms with van der Waals surface area (Å²) in [5.74, 6) is 1.95. The number of aliphatic hydroxyl groups is 1. The van der Waals surface area contributed by atoms with Crippen LogP contribution in [0.2, 0.25) is 0 Å². The first-order valence-corrected chi connectivity index (χ1v) is 10.5. The smallest absolute Gasteiger partial charge is 0.195 e. The van der Waals surface area contributed by atoms with E-state index in [1.807, 2.05) is 43.5 Å². The van der Waals surface area contributed by atoms with Crippen molar-refractivity contribution < 1.29 is 14.6 Å². The van der Waals surface area contributed by atoms with Gasteiger partial charge in [-0.15, -0.1) is 10.2 Å². The lowest BCUT2D eigenvalue weighted by Gasteiger charge is -2.13. The Bertz CT molecular complexity index is 970. The van der Waals surface area contributed by atoms with Gasteiger partial charge in [-0.25, -0.2) is 0 Å². The fourth-order valence-corrected chi connectivity index (χ4v) is 3.76. The lowest BCUT2D eigenvalue weighted by molar-refractivity contribution is 0.0987. The zero-order valence-corrected chi connectivity index (χ0v) is 17.6. The maximum Gasteiger partial charge on any atom is 0.195 e. The summed E-state index contributed by atoms with van der Waals surface area (Å²) in [5, 5.41) is 19.5. The Hall–Kier alpha value is -2.64. The van der Waals surface area contributed by atoms with Crippen LogP contribution in [0.25, 0.3) is 5.69 Å². The number of Topliss-reactive ketones (excluding diaryl/α,β-unsaturated/α-hetero) is 1. The van der Waals surface area contributed by atoms with E-state index >= 15 is 0 Å². The quantitative estimate of drug-likeness (QED) is 0.423. The van der Waals surface area contributed by atoms with Gasteiger partial charge in [0.25, 0.3) is 0 Å². The van der Waals surface area contributed by atoms with Gasteiger partial charge in [0.1, 0.15) is 18.2 Å². The van der Waals surface area contributed by atoms with Crippen LogP contribution in [0.1, 0.15) is 35.1 Å². The van der Waals surface area contributed by atoms with E-state index < -0.39 is 6.10 Å². The van der Waals surface area contributed by atoms with Gasteiger partial charge in [0.05, 0.1) is 6.10 Å². The van der Waals surface area contributed by atoms with Gasteiger partial charge in [0.2, 0.25) is 0 Å². The number of aliphatic hydroxyl groups excluding tert-OH is 1. The molecule has 7 heteroatoms. The summed E-state index contributed by atoms with van der Waals surface area (Å²) in [6, 6.07) is 15.1. The molecule has 0 amide bonds. The predicted molar refractivity (Wildman–Crippen MR) is 114 cm³/mol. The van der Waals surface area contributed by atoms with Crippen LogP contribution in [-0.4, -0.2) is 44.1 Å². The average molecular weight is 412 g/mol. The van der Waals surface area contributed by atoms with Gasteiger partial charge in [-0.1, -0.05) is 30.8 Å². The molecule has 0 fully saturated rings. The molecule has 3 aromatic rings. The Morgan fingerprint density at radius 1 is 1.17 bits per heavy atom. The van der Waals surface area contributed by atoms with Crippen LogP contribution in [-0.2, 0) is 0 Å². The summed E-state index contributed by atoms with van der Waals surface area (Å²) in [4.78, 5) is 11.7. The molecule has 0 radical (unpaired) electrons. The first-order valence-electron chi connectivity index (χ1n) is 9.54. The zero-order chi connectivity index (χ0) is 20.8. The molecule has 3 rings (SSSR count). The summed E-state index contributed by atoms with van der Waals surface area (Å²) < 4.78 is 7.62. The highest BCUT2D eigenvalue weighted by Gasteiger charge is 2.14. The third-order valence-electron chi connectivity index (χ3n) is 4.40. The van der Waals surface area contributed by atoms with Crippen molar-refractivity contribution in [2.45, 2.75) is 38.5 Å². The number of benzene rings is 2. The van der Waals surface area contributed by atoms with Gasteiger partial charge < -0.3 is 9.84 Å². The van der Waals surface area contributed by atoms with E-state index in [1.165, 1.54) is 11.8 Å². The summed E-state index contributed by atoms with van der Waals surface area (Å²) in [6.07, 6.45) is -0.192. The van der Waals surface area contributed by atoms with Gasteiger partial charge in [0.15, 0.2) is 10.9 Å². The molecule has 0 aliphatic carbocycles. The highest BCUT2D eigenvalue weighted by atomic mass is 32.2. The van der Waals surface area contributed by atoms with E-state index in [0.717, 1.165) is 22.2 Å². The lowest BCUT2D eigenvalue weighted by atomic mass is 10.1. The normalized spacial score (nSPS) is 12.0. The molecule has 0 aliphatic rings. The molecule has 0 saturated heterocycles. The highest BCUT2D eigenvalue weighted by molar-refractivity contribution is 7.99. The fourth-order valence-electron chi connectivity index (χ4n) is 2.85. The van der Waals surface area contributed by atoms with Crippen LogP contribution >= 0.6 is 11.8 Å². The highest BCUT2D eigenvalue weighted by Crippen LogP contribution is 2.23. The molecule has 1 atom stereocenters. The van der Waals surface area contributed by atoms with Crippen molar-refractivity contribution in [2.75, 3.05) is 12.4 Å². The molecule has 2 aromatic carbocycles. The Labute approximate surface area is 174 Å². The van der Waals surface area contributed by atoms with Crippen molar-refractivity contribution in [3.05, 3.63) is 65.5 Å². The lowest BCUT2D eigenvalue weighted by Crippen LogP contribution is -2.20. The maximum atomic E-state index is 11.7. The topological polar surface area (TPSA) is 77.2 Å². The number of ketones is 1. The van der Waals surface area contributed by atoms with Crippen LogP contribution < -0.4 is 4.74 Å². The van der Waals surface area contributed by atoms with Gasteiger partial charge in [-0.2, -0.15) is 0 Å². The minimum absolute atomic E-state index is 0.0981. The first-order chi connectivity index (χ1) is 14.0. The van der Waals surface area contributed by atoms with Crippen LogP contribution in [0.3, 0.4) is 0 Å². The molecule has 0 bridgehead atoms. The molecule has 0 spiro atoms. The minimum atomic E-state index is -0.667. The molecular formula is C22H25N3O3S. The van der Waals surface area contributed by atoms with Crippen molar-refractivity contribution in [3.63, 3.8) is 0 Å². The van der Waals surface area contributed by atoms with Gasteiger partial charge in [-0.05, 0) is 55.8 Å². The summed E-state index contributed by atoms with van der Waals surface area (Å²) >= 11 is 1.44. The molecule has 1 N–H and O–H groups in total. The van der Waals surface area contributed by atoms with Crippen molar-refractivity contribution in [3.8, 4) is 11.4 Å². The fraction of sp³-hybridized carbons (Fsp3) is 0.318. The minimum Gasteiger partial charge on any atom is -0.491 e. The second kappa shape index (κ2) is 9.71. The van der Waals surface area contributed by atoms with Crippen molar-refractivity contribution in [2.24, 2.45) is 0 Å². The number of hydrogen-bond donors (Lipinski definition) is 1. The number of hydrogen-bond acceptors (Lipinski definition) is 6. The number of ether oxygens (including phenoxy) is 1. The second-order valence-electron chi connectivity index (χ2n) is 6.78. The van der Waals surface area contributed by atoms with Gasteiger partial charge >= 0.3 is 0 Å². The van der Waals surface area contributed by atoms with E-state index in [0.29, 0.717) is 23.5 Å². The van der Waals surface area contributed by atoms with Crippen LogP contribution in [0, 0.1) is 13.8 Å². The van der Waals surface area contributed by atoms with Gasteiger partial charge in [-0.3, -0.25) is 9.36 Å². The number of carbonyl (C=O) groups is 1. The SMILES string of the molecule is CCC(=O)c1ccc(OCC(O)CSc2nnc(C)n2-c2cccc(C)c2)cc1. The average Bonchev–Trinajstić information content (AvgIpc) is 3.10. The van der Waals surface area contributed by atoms with E-state index in [9.17, 15) is 9.90 Å². The Morgan fingerprint density at radius 2 is 1.93 bits per heavy atom. The molecule has 1 unspecified atom stereocenters. The molecule has 29 heavy (non-hydrogen) atoms. The number of carbonyl (C=O) groups excluding carboxylic acids is 1. The van der Waals surface area contributed by atoms with Crippen molar-refractivity contribution >= 4 is 17.5 Å². The van der Waals surface area contributed by atoms with E-state index in [1.54, 1.807) is 24.3 Å². The van der Waals surface area contributed by atoms with Crippen LogP contribution in [0.15, 0.2) is 53.7 Å². The van der Waals surface area contributed by atoms with Crippen LogP contribution in [0.4, 0.5) is 0 Å². The summed E-state index contributed by atoms with van der Waals surface area (Å²) in [6.45, 7) is 5.95. The summed E-state index contributed by atoms with van der Waals surface area (Å²) in [7, 11) is 0. The number of rotatable bonds is 9. The molecule has 152 valence electrons. The Balaban J connectivity index is 1.56. The number of nitrogens with zero attached hydrogens (tertiary/aromatic N) is 3. The van der Waals surface area contributed by atoms with E-state index in [-0.39, 0.29) is 12.4 Å². The molecule has 1 aromatic heterocycles. The van der Waals surface area contributed by atoms with E-state index in [4.69, 9.17) is 4.74 Å². The number of thioether (sulfide) groups is 1. The Kier molecular flexibility index (Phi) is 7.06. The molecule has 0 saturated carbocycles. The van der Waals surface area contributed by atoms with Gasteiger partial charge in [0, 0.05) is 23.4 Å². The Morgan fingerprint density at radius 3 is 2.62 bits per heavy atom. The van der Waals surface area contributed by atoms with Crippen LogP contribution in [0.5, 0.6) is 5.75 Å². The van der Waals surface area contributed by atoms with Crippen molar-refractivity contribution in [1.82, 2.24) is 14.8 Å². The first kappa shape index (κ1) is 21.1. The number of aromatic nitrogens is 3. The number of aryl methyl sites for hydroxylation is 2.